The molecule has 15 heavy (non-hydrogen) atoms. The summed E-state index contributed by atoms with van der Waals surface area (Å²) in [7, 11) is 1.73. The van der Waals surface area contributed by atoms with Crippen LogP contribution < -0.4 is 16.0 Å². The van der Waals surface area contributed by atoms with E-state index in [-0.39, 0.29) is 5.91 Å². The molecule has 0 unspecified atom stereocenters. The Kier molecular flexibility index (Phi) is 2.07. The maximum Gasteiger partial charge on any atom is 0.316 e. The van der Waals surface area contributed by atoms with Crippen LogP contribution in [0.3, 0.4) is 0 Å². The predicted molar refractivity (Wildman–Crippen MR) is 56.8 cm³/mol. The van der Waals surface area contributed by atoms with Gasteiger partial charge in [-0.25, -0.2) is 4.79 Å². The third kappa shape index (κ3) is 1.63. The molecule has 0 fully saturated rings. The van der Waals surface area contributed by atoms with Crippen molar-refractivity contribution in [3.63, 3.8) is 0 Å². The lowest BCUT2D eigenvalue weighted by Crippen LogP contribution is -2.20. The van der Waals surface area contributed by atoms with Gasteiger partial charge in [0, 0.05) is 18.4 Å². The largest absolute Gasteiger partial charge is 0.351 e. The van der Waals surface area contributed by atoms with Crippen molar-refractivity contribution in [1.82, 2.24) is 0 Å². The first-order valence-electron chi connectivity index (χ1n) is 4.54. The minimum absolute atomic E-state index is 0.0567. The van der Waals surface area contributed by atoms with Gasteiger partial charge >= 0.3 is 6.03 Å². The highest BCUT2D eigenvalue weighted by Crippen LogP contribution is 2.29. The highest BCUT2D eigenvalue weighted by atomic mass is 16.2. The molecule has 3 amide bonds. The number of primary amides is 1. The van der Waals surface area contributed by atoms with Crippen LogP contribution in [0.4, 0.5) is 16.2 Å². The fourth-order valence-corrected chi connectivity index (χ4v) is 1.69. The number of hydrogen-bond donors (Lipinski definition) is 2. The predicted octanol–water partition coefficient (Wildman–Crippen LogP) is 0.696. The number of anilines is 2. The van der Waals surface area contributed by atoms with Crippen LogP contribution in [0.15, 0.2) is 18.2 Å². The molecular weight excluding hydrogens is 194 g/mol. The first-order valence-corrected chi connectivity index (χ1v) is 4.54. The van der Waals surface area contributed by atoms with Crippen molar-refractivity contribution >= 4 is 23.3 Å². The van der Waals surface area contributed by atoms with Crippen LogP contribution in [-0.2, 0) is 11.2 Å². The summed E-state index contributed by atoms with van der Waals surface area (Å²) in [5.74, 6) is 0.0567. The molecule has 0 radical (unpaired) electrons. The number of likely N-dealkylation sites (N-methyl/N-ethyl adjacent to an activating group) is 1. The number of carbonyl (C=O) groups is 2. The van der Waals surface area contributed by atoms with Crippen molar-refractivity contribution in [3.05, 3.63) is 23.8 Å². The van der Waals surface area contributed by atoms with E-state index in [1.807, 2.05) is 0 Å². The monoisotopic (exact) mass is 205 g/mol. The summed E-state index contributed by atoms with van der Waals surface area (Å²) in [6, 6.07) is 4.68. The summed E-state index contributed by atoms with van der Waals surface area (Å²) in [6.07, 6.45) is 0.375. The Bertz CT molecular complexity index is 442. The van der Waals surface area contributed by atoms with E-state index in [1.165, 1.54) is 0 Å². The maximum absolute atomic E-state index is 11.4. The highest BCUT2D eigenvalue weighted by molar-refractivity contribution is 6.01. The molecule has 1 aromatic rings. The molecule has 1 aliphatic rings. The Morgan fingerprint density at radius 1 is 1.53 bits per heavy atom. The number of hydrogen-bond acceptors (Lipinski definition) is 2. The van der Waals surface area contributed by atoms with Gasteiger partial charge in [0.2, 0.25) is 5.91 Å². The second-order valence-corrected chi connectivity index (χ2v) is 3.46. The van der Waals surface area contributed by atoms with Crippen molar-refractivity contribution in [1.29, 1.82) is 0 Å². The molecule has 78 valence electrons. The topological polar surface area (TPSA) is 75.4 Å². The second kappa shape index (κ2) is 3.27. The van der Waals surface area contributed by atoms with Gasteiger partial charge in [0.25, 0.3) is 0 Å². The zero-order valence-corrected chi connectivity index (χ0v) is 8.28. The fraction of sp³-hybridized carbons (Fsp3) is 0.200. The van der Waals surface area contributed by atoms with Crippen molar-refractivity contribution in [2.24, 2.45) is 5.73 Å². The van der Waals surface area contributed by atoms with Crippen molar-refractivity contribution in [3.8, 4) is 0 Å². The van der Waals surface area contributed by atoms with E-state index in [9.17, 15) is 9.59 Å². The molecular formula is C10H11N3O2. The van der Waals surface area contributed by atoms with Gasteiger partial charge in [-0.05, 0) is 23.8 Å². The second-order valence-electron chi connectivity index (χ2n) is 3.46. The van der Waals surface area contributed by atoms with E-state index in [0.717, 1.165) is 11.3 Å². The van der Waals surface area contributed by atoms with Gasteiger partial charge in [-0.1, -0.05) is 0 Å². The smallest absolute Gasteiger partial charge is 0.316 e. The van der Waals surface area contributed by atoms with Gasteiger partial charge < -0.3 is 16.0 Å². The van der Waals surface area contributed by atoms with Crippen molar-refractivity contribution in [2.45, 2.75) is 6.42 Å². The van der Waals surface area contributed by atoms with Crippen LogP contribution >= 0.6 is 0 Å². The van der Waals surface area contributed by atoms with Gasteiger partial charge in [-0.3, -0.25) is 4.79 Å². The lowest BCUT2D eigenvalue weighted by Gasteiger charge is -2.10. The minimum Gasteiger partial charge on any atom is -0.351 e. The highest BCUT2D eigenvalue weighted by Gasteiger charge is 2.23. The maximum atomic E-state index is 11.4. The lowest BCUT2D eigenvalue weighted by molar-refractivity contribution is -0.117. The summed E-state index contributed by atoms with van der Waals surface area (Å²) in [6.45, 7) is 0. The zero-order valence-electron chi connectivity index (χ0n) is 8.28. The number of amides is 3. The SMILES string of the molecule is CN1C(=O)Cc2cc(NC(N)=O)ccc21. The number of carbonyl (C=O) groups excluding carboxylic acids is 2. The quantitative estimate of drug-likeness (QED) is 0.708. The number of urea groups is 1. The summed E-state index contributed by atoms with van der Waals surface area (Å²) >= 11 is 0. The van der Waals surface area contributed by atoms with Gasteiger partial charge in [0.05, 0.1) is 6.42 Å². The van der Waals surface area contributed by atoms with E-state index >= 15 is 0 Å². The number of rotatable bonds is 1. The van der Waals surface area contributed by atoms with Gasteiger partial charge in [0.15, 0.2) is 0 Å². The lowest BCUT2D eigenvalue weighted by atomic mass is 10.1. The van der Waals surface area contributed by atoms with Crippen LogP contribution in [0, 0.1) is 0 Å². The third-order valence-electron chi connectivity index (χ3n) is 2.42. The first-order chi connectivity index (χ1) is 7.08. The van der Waals surface area contributed by atoms with E-state index in [4.69, 9.17) is 5.73 Å². The summed E-state index contributed by atoms with van der Waals surface area (Å²) in [4.78, 5) is 23.6. The number of nitrogens with one attached hydrogen (secondary N) is 1. The molecule has 1 aliphatic heterocycles. The van der Waals surface area contributed by atoms with Gasteiger partial charge in [-0.2, -0.15) is 0 Å². The Morgan fingerprint density at radius 3 is 2.93 bits per heavy atom. The molecule has 1 aromatic carbocycles. The molecule has 0 atom stereocenters. The number of benzene rings is 1. The van der Waals surface area contributed by atoms with Crippen LogP contribution in [0.1, 0.15) is 5.56 Å². The molecule has 0 aromatic heterocycles. The van der Waals surface area contributed by atoms with Gasteiger partial charge in [0.1, 0.15) is 0 Å². The number of fused-ring (bicyclic) bond motifs is 1. The van der Waals surface area contributed by atoms with E-state index in [0.29, 0.717) is 12.1 Å². The van der Waals surface area contributed by atoms with E-state index in [1.54, 1.807) is 30.1 Å². The summed E-state index contributed by atoms with van der Waals surface area (Å²) in [5, 5.41) is 2.47. The molecule has 0 spiro atoms. The Morgan fingerprint density at radius 2 is 2.27 bits per heavy atom. The van der Waals surface area contributed by atoms with E-state index < -0.39 is 6.03 Å². The average molecular weight is 205 g/mol. The molecule has 0 saturated carbocycles. The zero-order chi connectivity index (χ0) is 11.0. The molecule has 3 N–H and O–H groups in total. The standard InChI is InChI=1S/C10H11N3O2/c1-13-8-3-2-7(12-10(11)15)4-6(8)5-9(13)14/h2-4H,5H2,1H3,(H3,11,12,15). The Hall–Kier alpha value is -2.04. The van der Waals surface area contributed by atoms with E-state index in [2.05, 4.69) is 5.32 Å². The van der Waals surface area contributed by atoms with Gasteiger partial charge in [-0.15, -0.1) is 0 Å². The third-order valence-corrected chi connectivity index (χ3v) is 2.42. The summed E-state index contributed by atoms with van der Waals surface area (Å²) < 4.78 is 0. The number of nitrogens with zero attached hydrogens (tertiary/aromatic N) is 1. The normalized spacial score (nSPS) is 13.9. The van der Waals surface area contributed by atoms with Crippen molar-refractivity contribution in [2.75, 3.05) is 17.3 Å². The average Bonchev–Trinajstić information content (AvgIpc) is 2.41. The molecule has 0 saturated heterocycles. The first kappa shape index (κ1) is 9.51. The van der Waals surface area contributed by atoms with Crippen LogP contribution in [0.2, 0.25) is 0 Å². The van der Waals surface area contributed by atoms with Crippen LogP contribution in [0.5, 0.6) is 0 Å². The molecule has 1 heterocycles. The van der Waals surface area contributed by atoms with Crippen LogP contribution in [0.25, 0.3) is 0 Å². The Labute approximate surface area is 86.9 Å². The minimum atomic E-state index is -0.604. The van der Waals surface area contributed by atoms with Crippen LogP contribution in [-0.4, -0.2) is 19.0 Å². The summed E-state index contributed by atoms with van der Waals surface area (Å²) in [5.41, 5.74) is 7.41. The molecule has 2 rings (SSSR count). The molecule has 5 nitrogen and oxygen atoms in total. The molecule has 0 bridgehead atoms. The number of nitrogens with two attached hydrogens (primary N) is 1. The molecule has 0 aliphatic carbocycles. The van der Waals surface area contributed by atoms with Crippen molar-refractivity contribution < 1.29 is 9.59 Å². The molecule has 5 heteroatoms. The Balaban J connectivity index is 2.33. The fourth-order valence-electron chi connectivity index (χ4n) is 1.69.